The highest BCUT2D eigenvalue weighted by atomic mass is 16.6. The molecule has 4 heterocycles. The van der Waals surface area contributed by atoms with Gasteiger partial charge in [-0.3, -0.25) is 9.80 Å². The number of pyridine rings is 1. The first-order valence-electron chi connectivity index (χ1n) is 16.0. The third-order valence-corrected chi connectivity index (χ3v) is 8.03. The van der Waals surface area contributed by atoms with Gasteiger partial charge in [-0.15, -0.1) is 0 Å². The van der Waals surface area contributed by atoms with Crippen molar-refractivity contribution in [3.05, 3.63) is 53.9 Å². The second-order valence-electron chi connectivity index (χ2n) is 14.4. The molecule has 0 spiro atoms. The van der Waals surface area contributed by atoms with E-state index in [0.717, 1.165) is 5.56 Å². The minimum Gasteiger partial charge on any atom is -0.480 e. The molecule has 2 aliphatic heterocycles. The third-order valence-electron chi connectivity index (χ3n) is 8.03. The first-order chi connectivity index (χ1) is 22.6. The van der Waals surface area contributed by atoms with E-state index >= 15 is 0 Å². The molecule has 48 heavy (non-hydrogen) atoms. The van der Waals surface area contributed by atoms with Crippen LogP contribution >= 0.6 is 0 Å². The highest BCUT2D eigenvalue weighted by Gasteiger charge is 2.46. The smallest absolute Gasteiger partial charge is 0.414 e. The van der Waals surface area contributed by atoms with Crippen LogP contribution in [0.15, 0.2) is 42.7 Å². The van der Waals surface area contributed by atoms with Crippen LogP contribution in [-0.4, -0.2) is 94.5 Å². The Balaban J connectivity index is 1.48. The number of hydrogen-bond donors (Lipinski definition) is 1. The number of amides is 2. The molecule has 13 nitrogen and oxygen atoms in total. The van der Waals surface area contributed by atoms with Gasteiger partial charge in [0.2, 0.25) is 11.8 Å². The summed E-state index contributed by atoms with van der Waals surface area (Å²) in [4.78, 5) is 45.3. The number of carbonyl (C=O) groups excluding carboxylic acids is 2. The van der Waals surface area contributed by atoms with Crippen molar-refractivity contribution in [3.8, 4) is 23.2 Å². The van der Waals surface area contributed by atoms with Crippen molar-refractivity contribution in [1.82, 2.24) is 24.8 Å². The summed E-state index contributed by atoms with van der Waals surface area (Å²) >= 11 is 0. The first kappa shape index (κ1) is 34.4. The van der Waals surface area contributed by atoms with Crippen LogP contribution in [0, 0.1) is 11.3 Å². The number of ether oxygens (including phenoxy) is 3. The SMILES string of the molecule is COc1ncccc1Nc1nccc(-c2cc(C#N)c3c(c2)C(C)(CN2CCN(C(=O)OC(C)(C)C)CC2)CN3C(=O)OC(C)(C)C)n1. The molecule has 2 amide bonds. The van der Waals surface area contributed by atoms with Crippen LogP contribution in [0.5, 0.6) is 5.88 Å². The van der Waals surface area contributed by atoms with Crippen LogP contribution in [-0.2, 0) is 14.9 Å². The Morgan fingerprint density at radius 2 is 1.67 bits per heavy atom. The average Bonchev–Trinajstić information content (AvgIpc) is 3.32. The van der Waals surface area contributed by atoms with E-state index in [0.29, 0.717) is 79.3 Å². The number of nitriles is 1. The number of rotatable bonds is 6. The minimum absolute atomic E-state index is 0.318. The topological polar surface area (TPSA) is 146 Å². The molecule has 1 atom stereocenters. The Kier molecular flexibility index (Phi) is 9.51. The largest absolute Gasteiger partial charge is 0.480 e. The molecule has 3 aromatic rings. The van der Waals surface area contributed by atoms with E-state index in [1.54, 1.807) is 40.4 Å². The van der Waals surface area contributed by atoms with Crippen LogP contribution < -0.4 is 15.0 Å². The van der Waals surface area contributed by atoms with Crippen LogP contribution in [0.4, 0.5) is 26.9 Å². The number of fused-ring (bicyclic) bond motifs is 1. The average molecular weight is 657 g/mol. The fourth-order valence-corrected chi connectivity index (χ4v) is 6.00. The Bertz CT molecular complexity index is 1720. The summed E-state index contributed by atoms with van der Waals surface area (Å²) in [6.07, 6.45) is 2.45. The third kappa shape index (κ3) is 7.77. The van der Waals surface area contributed by atoms with Crippen molar-refractivity contribution >= 4 is 29.5 Å². The Hall–Kier alpha value is -4.96. The lowest BCUT2D eigenvalue weighted by Gasteiger charge is -2.39. The Morgan fingerprint density at radius 3 is 2.31 bits per heavy atom. The molecule has 0 radical (unpaired) electrons. The summed E-state index contributed by atoms with van der Waals surface area (Å²) in [5, 5.41) is 13.6. The summed E-state index contributed by atoms with van der Waals surface area (Å²) in [6, 6.07) is 11.5. The number of anilines is 3. The highest BCUT2D eigenvalue weighted by molar-refractivity contribution is 5.95. The molecular weight excluding hydrogens is 612 g/mol. The van der Waals surface area contributed by atoms with Gasteiger partial charge >= 0.3 is 12.2 Å². The molecule has 1 unspecified atom stereocenters. The van der Waals surface area contributed by atoms with Crippen molar-refractivity contribution in [3.63, 3.8) is 0 Å². The molecule has 1 N–H and O–H groups in total. The van der Waals surface area contributed by atoms with E-state index in [4.69, 9.17) is 19.2 Å². The molecule has 0 bridgehead atoms. The quantitative estimate of drug-likeness (QED) is 0.347. The summed E-state index contributed by atoms with van der Waals surface area (Å²) in [6.45, 7) is 16.4. The summed E-state index contributed by atoms with van der Waals surface area (Å²) < 4.78 is 16.7. The number of methoxy groups -OCH3 is 1. The van der Waals surface area contributed by atoms with E-state index in [2.05, 4.69) is 33.2 Å². The van der Waals surface area contributed by atoms with Crippen LogP contribution in [0.3, 0.4) is 0 Å². The van der Waals surface area contributed by atoms with Crippen molar-refractivity contribution in [2.24, 2.45) is 0 Å². The monoisotopic (exact) mass is 656 g/mol. The van der Waals surface area contributed by atoms with Gasteiger partial charge in [0.15, 0.2) is 0 Å². The van der Waals surface area contributed by atoms with Gasteiger partial charge in [-0.25, -0.2) is 24.5 Å². The molecule has 0 saturated carbocycles. The standard InChI is InChI=1S/C35H44N8O5/c1-33(2,3)47-31(44)42-16-14-41(15-17-42)21-35(7)22-43(32(45)48-34(4,5)6)28-24(20-36)18-23(19-25(28)35)26-11-13-38-30(39-26)40-27-10-9-12-37-29(27)46-8/h9-13,18-19H,14-17,21-22H2,1-8H3,(H,38,39,40). The molecule has 0 aliphatic carbocycles. The van der Waals surface area contributed by atoms with Gasteiger partial charge in [0.25, 0.3) is 0 Å². The molecule has 5 rings (SSSR count). The lowest BCUT2D eigenvalue weighted by atomic mass is 9.82. The Morgan fingerprint density at radius 1 is 0.979 bits per heavy atom. The van der Waals surface area contributed by atoms with Crippen molar-refractivity contribution in [1.29, 1.82) is 5.26 Å². The van der Waals surface area contributed by atoms with Gasteiger partial charge in [-0.1, -0.05) is 6.92 Å². The number of nitrogens with zero attached hydrogens (tertiary/aromatic N) is 7. The predicted octanol–water partition coefficient (Wildman–Crippen LogP) is 5.73. The Labute approximate surface area is 281 Å². The van der Waals surface area contributed by atoms with E-state index in [1.165, 1.54) is 7.11 Å². The molecular formula is C35H44N8O5. The number of benzene rings is 1. The van der Waals surface area contributed by atoms with E-state index < -0.39 is 22.7 Å². The maximum Gasteiger partial charge on any atom is 0.414 e. The maximum atomic E-state index is 13.6. The fraction of sp³-hybridized carbons (Fsp3) is 0.486. The number of carbonyl (C=O) groups is 2. The first-order valence-corrected chi connectivity index (χ1v) is 16.0. The summed E-state index contributed by atoms with van der Waals surface area (Å²) in [7, 11) is 1.54. The van der Waals surface area contributed by atoms with Crippen molar-refractivity contribution in [2.75, 3.05) is 56.6 Å². The molecule has 1 aromatic carbocycles. The maximum absolute atomic E-state index is 13.6. The lowest BCUT2D eigenvalue weighted by Crippen LogP contribution is -2.53. The van der Waals surface area contributed by atoms with E-state index in [9.17, 15) is 14.9 Å². The predicted molar refractivity (Wildman–Crippen MR) is 181 cm³/mol. The zero-order valence-electron chi connectivity index (χ0n) is 29.0. The molecule has 13 heteroatoms. The summed E-state index contributed by atoms with van der Waals surface area (Å²) in [5.41, 5.74) is 1.78. The normalized spacial score (nSPS) is 18.1. The van der Waals surface area contributed by atoms with Gasteiger partial charge < -0.3 is 24.4 Å². The molecule has 2 aromatic heterocycles. The molecule has 1 fully saturated rings. The van der Waals surface area contributed by atoms with Crippen molar-refractivity contribution in [2.45, 2.75) is 65.1 Å². The van der Waals surface area contributed by atoms with Gasteiger partial charge in [0, 0.05) is 62.6 Å². The van der Waals surface area contributed by atoms with Gasteiger partial charge in [-0.05, 0) is 77.4 Å². The number of nitrogens with one attached hydrogen (secondary N) is 1. The fourth-order valence-electron chi connectivity index (χ4n) is 6.00. The van der Waals surface area contributed by atoms with E-state index in [1.807, 2.05) is 53.7 Å². The molecule has 1 saturated heterocycles. The second-order valence-corrected chi connectivity index (χ2v) is 14.4. The van der Waals surface area contributed by atoms with Gasteiger partial charge in [-0.2, -0.15) is 5.26 Å². The lowest BCUT2D eigenvalue weighted by molar-refractivity contribution is 0.0129. The second kappa shape index (κ2) is 13.3. The minimum atomic E-state index is -0.720. The molecule has 254 valence electrons. The molecule has 2 aliphatic rings. The van der Waals surface area contributed by atoms with E-state index in [-0.39, 0.29) is 6.09 Å². The number of aromatic nitrogens is 3. The van der Waals surface area contributed by atoms with Gasteiger partial charge in [0.1, 0.15) is 23.0 Å². The van der Waals surface area contributed by atoms with Crippen molar-refractivity contribution < 1.29 is 23.8 Å². The highest BCUT2D eigenvalue weighted by Crippen LogP contribution is 2.46. The zero-order valence-corrected chi connectivity index (χ0v) is 29.0. The van der Waals surface area contributed by atoms with Gasteiger partial charge in [0.05, 0.1) is 24.1 Å². The zero-order chi connectivity index (χ0) is 34.9. The number of hydrogen-bond acceptors (Lipinski definition) is 11. The van der Waals surface area contributed by atoms with Crippen LogP contribution in [0.25, 0.3) is 11.3 Å². The summed E-state index contributed by atoms with van der Waals surface area (Å²) in [5.74, 6) is 0.736. The number of piperazine rings is 1. The van der Waals surface area contributed by atoms with Crippen LogP contribution in [0.1, 0.15) is 59.6 Å². The van der Waals surface area contributed by atoms with Crippen LogP contribution in [0.2, 0.25) is 0 Å².